The fourth-order valence-corrected chi connectivity index (χ4v) is 3.09. The Bertz CT molecular complexity index is 786. The fourth-order valence-electron chi connectivity index (χ4n) is 1.97. The van der Waals surface area contributed by atoms with Gasteiger partial charge < -0.3 is 10.4 Å². The molecule has 2 nitrogen and oxygen atoms in total. The zero-order chi connectivity index (χ0) is 17.1. The standard InChI is InChI=1S/C16H11BrClF2NOS/c1-8(22)14(10-6-5-9(19)7-11(10)17)16(23)21-15-12(18)3-2-4-13(15)20/h2-7,22H,1H3,(H,21,23). The van der Waals surface area contributed by atoms with Crippen LogP contribution in [0.3, 0.4) is 0 Å². The Hall–Kier alpha value is -1.50. The first-order valence-corrected chi connectivity index (χ1v) is 7.99. The Balaban J connectivity index is 2.44. The summed E-state index contributed by atoms with van der Waals surface area (Å²) >= 11 is 14.4. The first-order valence-electron chi connectivity index (χ1n) is 6.42. The van der Waals surface area contributed by atoms with Crippen LogP contribution in [0.1, 0.15) is 12.5 Å². The molecule has 0 spiro atoms. The predicted octanol–water partition coefficient (Wildman–Crippen LogP) is 6.11. The number of hydrogen-bond donors (Lipinski definition) is 2. The number of para-hydroxylation sites is 1. The van der Waals surface area contributed by atoms with Crippen molar-refractivity contribution in [3.63, 3.8) is 0 Å². The minimum absolute atomic E-state index is 0.0103. The average Bonchev–Trinajstić information content (AvgIpc) is 2.45. The van der Waals surface area contributed by atoms with Crippen LogP contribution in [0.25, 0.3) is 5.57 Å². The van der Waals surface area contributed by atoms with Gasteiger partial charge in [0.1, 0.15) is 16.6 Å². The van der Waals surface area contributed by atoms with Gasteiger partial charge in [0.15, 0.2) is 0 Å². The maximum Gasteiger partial charge on any atom is 0.148 e. The van der Waals surface area contributed by atoms with Crippen molar-refractivity contribution < 1.29 is 13.9 Å². The highest BCUT2D eigenvalue weighted by Crippen LogP contribution is 2.31. The minimum atomic E-state index is -0.576. The average molecular weight is 419 g/mol. The number of allylic oxidation sites excluding steroid dienone is 1. The first-order chi connectivity index (χ1) is 10.8. The Morgan fingerprint density at radius 2 is 1.96 bits per heavy atom. The lowest BCUT2D eigenvalue weighted by molar-refractivity contribution is 0.418. The van der Waals surface area contributed by atoms with Crippen LogP contribution in [0.4, 0.5) is 14.5 Å². The number of hydrogen-bond acceptors (Lipinski definition) is 2. The van der Waals surface area contributed by atoms with Gasteiger partial charge in [0, 0.05) is 10.0 Å². The lowest BCUT2D eigenvalue weighted by Gasteiger charge is -2.16. The lowest BCUT2D eigenvalue weighted by Crippen LogP contribution is -2.14. The van der Waals surface area contributed by atoms with Gasteiger partial charge in [0.05, 0.1) is 22.0 Å². The molecule has 0 aliphatic heterocycles. The highest BCUT2D eigenvalue weighted by Gasteiger charge is 2.18. The summed E-state index contributed by atoms with van der Waals surface area (Å²) in [6, 6.07) is 8.17. The van der Waals surface area contributed by atoms with Crippen LogP contribution in [-0.2, 0) is 0 Å². The van der Waals surface area contributed by atoms with Crippen molar-refractivity contribution in [1.82, 2.24) is 0 Å². The van der Waals surface area contributed by atoms with Crippen LogP contribution in [0, 0.1) is 11.6 Å². The smallest absolute Gasteiger partial charge is 0.148 e. The van der Waals surface area contributed by atoms with E-state index in [-0.39, 0.29) is 27.0 Å². The van der Waals surface area contributed by atoms with Crippen molar-refractivity contribution in [2.75, 3.05) is 5.32 Å². The van der Waals surface area contributed by atoms with Crippen molar-refractivity contribution >= 4 is 56.0 Å². The van der Waals surface area contributed by atoms with E-state index in [9.17, 15) is 13.9 Å². The summed E-state index contributed by atoms with van der Waals surface area (Å²) in [5.74, 6) is -1.11. The van der Waals surface area contributed by atoms with Crippen molar-refractivity contribution in [1.29, 1.82) is 0 Å². The van der Waals surface area contributed by atoms with Gasteiger partial charge >= 0.3 is 0 Å². The number of thiocarbonyl (C=S) groups is 1. The van der Waals surface area contributed by atoms with Crippen molar-refractivity contribution in [2.24, 2.45) is 0 Å². The van der Waals surface area contributed by atoms with Gasteiger partial charge in [-0.3, -0.25) is 0 Å². The van der Waals surface area contributed by atoms with Crippen LogP contribution in [0.2, 0.25) is 5.02 Å². The van der Waals surface area contributed by atoms with E-state index >= 15 is 0 Å². The highest BCUT2D eigenvalue weighted by molar-refractivity contribution is 9.10. The maximum atomic E-state index is 13.9. The Kier molecular flexibility index (Phi) is 5.73. The monoisotopic (exact) mass is 417 g/mol. The van der Waals surface area contributed by atoms with Gasteiger partial charge in [-0.1, -0.05) is 51.9 Å². The molecule has 0 bridgehead atoms. The van der Waals surface area contributed by atoms with Crippen molar-refractivity contribution in [3.05, 3.63) is 68.9 Å². The maximum absolute atomic E-state index is 13.9. The van der Waals surface area contributed by atoms with Gasteiger partial charge in [-0.25, -0.2) is 8.78 Å². The third kappa shape index (κ3) is 4.07. The topological polar surface area (TPSA) is 32.3 Å². The lowest BCUT2D eigenvalue weighted by atomic mass is 10.0. The molecule has 0 heterocycles. The SMILES string of the molecule is CC(O)=C(C(=S)Nc1c(F)cccc1Cl)c1ccc(F)cc1Br. The van der Waals surface area contributed by atoms with E-state index in [0.717, 1.165) is 0 Å². The predicted molar refractivity (Wildman–Crippen MR) is 97.0 cm³/mol. The van der Waals surface area contributed by atoms with E-state index < -0.39 is 11.6 Å². The molecule has 120 valence electrons. The summed E-state index contributed by atoms with van der Waals surface area (Å²) in [5, 5.41) is 12.8. The van der Waals surface area contributed by atoms with E-state index in [1.165, 1.54) is 43.3 Å². The van der Waals surface area contributed by atoms with E-state index in [1.807, 2.05) is 0 Å². The minimum Gasteiger partial charge on any atom is -0.512 e. The van der Waals surface area contributed by atoms with Crippen molar-refractivity contribution in [2.45, 2.75) is 6.92 Å². The molecule has 0 amide bonds. The summed E-state index contributed by atoms with van der Waals surface area (Å²) in [5.41, 5.74) is 0.721. The van der Waals surface area contributed by atoms with Crippen molar-refractivity contribution in [3.8, 4) is 0 Å². The highest BCUT2D eigenvalue weighted by atomic mass is 79.9. The molecule has 0 radical (unpaired) electrons. The molecule has 0 fully saturated rings. The second kappa shape index (κ2) is 7.38. The molecule has 2 rings (SSSR count). The zero-order valence-electron chi connectivity index (χ0n) is 11.8. The Labute approximate surface area is 150 Å². The second-order valence-corrected chi connectivity index (χ2v) is 6.31. The van der Waals surface area contributed by atoms with Crippen LogP contribution in [0.15, 0.2) is 46.6 Å². The molecule has 2 N–H and O–H groups in total. The molecule has 0 saturated carbocycles. The number of halogens is 4. The van der Waals surface area contributed by atoms with Crippen LogP contribution in [-0.4, -0.2) is 10.1 Å². The molecular formula is C16H11BrClF2NOS. The van der Waals surface area contributed by atoms with Gasteiger partial charge in [-0.15, -0.1) is 0 Å². The molecule has 0 atom stereocenters. The quantitative estimate of drug-likeness (QED) is 0.358. The Morgan fingerprint density at radius 3 is 2.52 bits per heavy atom. The van der Waals surface area contributed by atoms with E-state index in [0.29, 0.717) is 10.0 Å². The number of rotatable bonds is 3. The number of nitrogens with one attached hydrogen (secondary N) is 1. The van der Waals surface area contributed by atoms with Crippen LogP contribution < -0.4 is 5.32 Å². The van der Waals surface area contributed by atoms with E-state index in [1.54, 1.807) is 0 Å². The van der Waals surface area contributed by atoms with E-state index in [2.05, 4.69) is 21.2 Å². The number of aliphatic hydroxyl groups is 1. The third-order valence-corrected chi connectivity index (χ3v) is 4.27. The second-order valence-electron chi connectivity index (χ2n) is 4.64. The van der Waals surface area contributed by atoms with E-state index in [4.69, 9.17) is 23.8 Å². The summed E-state index contributed by atoms with van der Waals surface area (Å²) in [4.78, 5) is 0.0595. The van der Waals surface area contributed by atoms with Gasteiger partial charge in [0.25, 0.3) is 0 Å². The molecule has 7 heteroatoms. The normalized spacial score (nSPS) is 11.9. The van der Waals surface area contributed by atoms with Crippen LogP contribution in [0.5, 0.6) is 0 Å². The Morgan fingerprint density at radius 1 is 1.26 bits per heavy atom. The summed E-state index contributed by atoms with van der Waals surface area (Å²) in [6.45, 7) is 1.43. The molecule has 0 saturated heterocycles. The summed E-state index contributed by atoms with van der Waals surface area (Å²) in [7, 11) is 0. The molecule has 0 aliphatic rings. The summed E-state index contributed by atoms with van der Waals surface area (Å²) < 4.78 is 27.5. The molecule has 0 unspecified atom stereocenters. The van der Waals surface area contributed by atoms with Gasteiger partial charge in [0.2, 0.25) is 0 Å². The van der Waals surface area contributed by atoms with Crippen LogP contribution >= 0.6 is 39.7 Å². The first kappa shape index (κ1) is 17.8. The summed E-state index contributed by atoms with van der Waals surface area (Å²) in [6.07, 6.45) is 0. The van der Waals surface area contributed by atoms with Gasteiger partial charge in [-0.05, 0) is 31.2 Å². The fraction of sp³-hybridized carbons (Fsp3) is 0.0625. The zero-order valence-corrected chi connectivity index (χ0v) is 15.0. The van der Waals surface area contributed by atoms with Gasteiger partial charge in [-0.2, -0.15) is 0 Å². The molecular weight excluding hydrogens is 408 g/mol. The molecule has 0 aromatic heterocycles. The molecule has 23 heavy (non-hydrogen) atoms. The molecule has 0 aliphatic carbocycles. The third-order valence-electron chi connectivity index (χ3n) is 2.99. The largest absolute Gasteiger partial charge is 0.512 e. The number of anilines is 1. The molecule has 2 aromatic carbocycles. The number of aliphatic hydroxyl groups excluding tert-OH is 1. The molecule has 2 aromatic rings. The number of benzene rings is 2.